The lowest BCUT2D eigenvalue weighted by molar-refractivity contribution is -0.159. The van der Waals surface area contributed by atoms with Gasteiger partial charge in [0, 0.05) is 5.92 Å². The van der Waals surface area contributed by atoms with Crippen LogP contribution >= 0.6 is 7.82 Å². The molecule has 2 aliphatic heterocycles. The van der Waals surface area contributed by atoms with Crippen molar-refractivity contribution < 1.29 is 28.8 Å². The van der Waals surface area contributed by atoms with Gasteiger partial charge in [0.2, 0.25) is 5.91 Å². The zero-order valence-corrected chi connectivity index (χ0v) is 11.2. The van der Waals surface area contributed by atoms with Gasteiger partial charge in [-0.25, -0.2) is 4.57 Å². The minimum Gasteiger partial charge on any atom is -0.407 e. The van der Waals surface area contributed by atoms with Gasteiger partial charge < -0.3 is 14.5 Å². The SMILES string of the molecule is CC1=C(OP(=O)(O)O)[C@H](C)[C@@H]2[C@@H]([C@@H](C)O)C(=O)N12. The van der Waals surface area contributed by atoms with Crippen LogP contribution in [0, 0.1) is 11.8 Å². The highest BCUT2D eigenvalue weighted by molar-refractivity contribution is 7.46. The average molecular weight is 277 g/mol. The maximum atomic E-state index is 11.8. The van der Waals surface area contributed by atoms with Gasteiger partial charge >= 0.3 is 7.82 Å². The van der Waals surface area contributed by atoms with Crippen LogP contribution in [0.25, 0.3) is 0 Å². The van der Waals surface area contributed by atoms with Crippen LogP contribution < -0.4 is 0 Å². The van der Waals surface area contributed by atoms with Crippen LogP contribution in [0.2, 0.25) is 0 Å². The van der Waals surface area contributed by atoms with Crippen LogP contribution in [-0.4, -0.2) is 37.8 Å². The highest BCUT2D eigenvalue weighted by Crippen LogP contribution is 2.51. The van der Waals surface area contributed by atoms with Crippen LogP contribution in [-0.2, 0) is 13.9 Å². The summed E-state index contributed by atoms with van der Waals surface area (Å²) in [6.45, 7) is 4.84. The summed E-state index contributed by atoms with van der Waals surface area (Å²) >= 11 is 0. The third-order valence-corrected chi connectivity index (χ3v) is 4.00. The monoisotopic (exact) mass is 277 g/mol. The summed E-state index contributed by atoms with van der Waals surface area (Å²) in [4.78, 5) is 31.0. The summed E-state index contributed by atoms with van der Waals surface area (Å²) in [6, 6.07) is -0.279. The Hall–Kier alpha value is -0.880. The van der Waals surface area contributed by atoms with Crippen molar-refractivity contribution in [3.63, 3.8) is 0 Å². The quantitative estimate of drug-likeness (QED) is 0.502. The fraction of sp³-hybridized carbons (Fsp3) is 0.700. The van der Waals surface area contributed by atoms with Crippen molar-refractivity contribution in [3.05, 3.63) is 11.5 Å². The number of aliphatic hydroxyl groups is 1. The molecule has 0 unspecified atom stereocenters. The van der Waals surface area contributed by atoms with Crippen LogP contribution in [0.3, 0.4) is 0 Å². The lowest BCUT2D eigenvalue weighted by atomic mass is 9.79. The second-order valence-corrected chi connectivity index (χ2v) is 5.95. The summed E-state index contributed by atoms with van der Waals surface area (Å²) in [5, 5.41) is 9.55. The number of β-lactam (4-membered cyclic amide) rings is 1. The number of phosphoric acid groups is 1. The normalized spacial score (nSPS) is 33.3. The first-order valence-electron chi connectivity index (χ1n) is 5.62. The first kappa shape index (κ1) is 13.5. The van der Waals surface area contributed by atoms with Crippen molar-refractivity contribution in [2.24, 2.45) is 11.8 Å². The molecule has 7 nitrogen and oxygen atoms in total. The topological polar surface area (TPSA) is 107 Å². The summed E-state index contributed by atoms with van der Waals surface area (Å²) in [6.07, 6.45) is -0.789. The van der Waals surface area contributed by atoms with Crippen molar-refractivity contribution in [3.8, 4) is 0 Å². The van der Waals surface area contributed by atoms with E-state index in [2.05, 4.69) is 4.52 Å². The van der Waals surface area contributed by atoms with E-state index in [1.807, 2.05) is 0 Å². The summed E-state index contributed by atoms with van der Waals surface area (Å²) in [5.41, 5.74) is 0.415. The van der Waals surface area contributed by atoms with Gasteiger partial charge in [-0.1, -0.05) is 6.92 Å². The van der Waals surface area contributed by atoms with Crippen LogP contribution in [0.1, 0.15) is 20.8 Å². The molecule has 0 radical (unpaired) electrons. The smallest absolute Gasteiger partial charge is 0.407 e. The third-order valence-electron chi connectivity index (χ3n) is 3.57. The van der Waals surface area contributed by atoms with E-state index in [4.69, 9.17) is 9.79 Å². The number of rotatable bonds is 3. The zero-order valence-electron chi connectivity index (χ0n) is 10.3. The second-order valence-electron chi connectivity index (χ2n) is 4.79. The number of carbonyl (C=O) groups excluding carboxylic acids is 1. The van der Waals surface area contributed by atoms with Crippen molar-refractivity contribution in [2.75, 3.05) is 0 Å². The van der Waals surface area contributed by atoms with Gasteiger partial charge in [0.05, 0.1) is 23.8 Å². The highest BCUT2D eigenvalue weighted by atomic mass is 31.2. The number of phosphoric ester groups is 1. The molecule has 2 heterocycles. The number of nitrogens with zero attached hydrogens (tertiary/aromatic N) is 1. The number of aliphatic hydroxyl groups excluding tert-OH is 1. The van der Waals surface area contributed by atoms with E-state index in [0.717, 1.165) is 0 Å². The Morgan fingerprint density at radius 1 is 1.44 bits per heavy atom. The molecule has 0 aromatic carbocycles. The van der Waals surface area contributed by atoms with Crippen LogP contribution in [0.4, 0.5) is 0 Å². The summed E-state index contributed by atoms with van der Waals surface area (Å²) < 4.78 is 15.5. The van der Waals surface area contributed by atoms with Crippen molar-refractivity contribution in [1.82, 2.24) is 4.90 Å². The molecule has 2 rings (SSSR count). The number of carbonyl (C=O) groups is 1. The van der Waals surface area contributed by atoms with Crippen molar-refractivity contribution >= 4 is 13.7 Å². The van der Waals surface area contributed by atoms with E-state index < -0.39 is 19.8 Å². The number of hydrogen-bond acceptors (Lipinski definition) is 4. The van der Waals surface area contributed by atoms with E-state index in [0.29, 0.717) is 5.70 Å². The van der Waals surface area contributed by atoms with Crippen LogP contribution in [0.15, 0.2) is 11.5 Å². The lowest BCUT2D eigenvalue weighted by Gasteiger charge is -2.46. The molecule has 2 aliphatic rings. The predicted molar refractivity (Wildman–Crippen MR) is 60.8 cm³/mol. The molecule has 0 bridgehead atoms. The van der Waals surface area contributed by atoms with Gasteiger partial charge in [0.15, 0.2) is 0 Å². The molecule has 3 N–H and O–H groups in total. The molecule has 1 fully saturated rings. The second kappa shape index (κ2) is 4.06. The van der Waals surface area contributed by atoms with Gasteiger partial charge in [-0.3, -0.25) is 14.6 Å². The standard InChI is InChI=1S/C10H16NO6P/c1-4-8-7(6(3)12)10(13)11(8)5(2)9(4)17-18(14,15)16/h4,6-8,12H,1-3H3,(H2,14,15,16)/t4-,6-,7-,8-/m1/s1. The van der Waals surface area contributed by atoms with Gasteiger partial charge in [-0.05, 0) is 13.8 Å². The molecule has 0 aromatic rings. The fourth-order valence-electron chi connectivity index (χ4n) is 2.83. The Morgan fingerprint density at radius 3 is 2.44 bits per heavy atom. The van der Waals surface area contributed by atoms with E-state index in [9.17, 15) is 14.5 Å². The number of allylic oxidation sites excluding steroid dienone is 1. The first-order valence-corrected chi connectivity index (χ1v) is 7.15. The minimum absolute atomic E-state index is 0.129. The maximum Gasteiger partial charge on any atom is 0.524 e. The molecular formula is C10H16NO6P. The fourth-order valence-corrected chi connectivity index (χ4v) is 3.38. The number of amides is 1. The van der Waals surface area contributed by atoms with E-state index in [1.165, 1.54) is 11.8 Å². The molecule has 0 spiro atoms. The lowest BCUT2D eigenvalue weighted by Crippen LogP contribution is -2.62. The molecule has 0 saturated carbocycles. The molecule has 4 atom stereocenters. The van der Waals surface area contributed by atoms with Gasteiger partial charge in [0.25, 0.3) is 0 Å². The van der Waals surface area contributed by atoms with Crippen molar-refractivity contribution in [2.45, 2.75) is 32.9 Å². The molecular weight excluding hydrogens is 261 g/mol. The predicted octanol–water partition coefficient (Wildman–Crippen LogP) is 0.185. The first-order chi connectivity index (χ1) is 8.15. The van der Waals surface area contributed by atoms with Gasteiger partial charge in [-0.2, -0.15) is 0 Å². The Kier molecular flexibility index (Phi) is 3.06. The average Bonchev–Trinajstić information content (AvgIpc) is 2.36. The minimum atomic E-state index is -4.64. The van der Waals surface area contributed by atoms with Gasteiger partial charge in [0.1, 0.15) is 5.76 Å². The molecule has 1 amide bonds. The molecule has 0 aromatic heterocycles. The zero-order chi connectivity index (χ0) is 13.8. The summed E-state index contributed by atoms with van der Waals surface area (Å²) in [7, 11) is -4.64. The molecule has 8 heteroatoms. The largest absolute Gasteiger partial charge is 0.524 e. The molecule has 1 saturated heterocycles. The number of fused-ring (bicyclic) bond motifs is 1. The Morgan fingerprint density at radius 2 is 2.00 bits per heavy atom. The summed E-state index contributed by atoms with van der Waals surface area (Å²) in [5.74, 6) is -0.976. The Bertz CT molecular complexity index is 467. The van der Waals surface area contributed by atoms with Crippen LogP contribution in [0.5, 0.6) is 0 Å². The Balaban J connectivity index is 2.28. The molecule has 0 aliphatic carbocycles. The number of hydrogen-bond donors (Lipinski definition) is 3. The highest BCUT2D eigenvalue weighted by Gasteiger charge is 2.58. The maximum absolute atomic E-state index is 11.8. The molecule has 18 heavy (non-hydrogen) atoms. The van der Waals surface area contributed by atoms with E-state index >= 15 is 0 Å². The third kappa shape index (κ3) is 1.87. The van der Waals surface area contributed by atoms with E-state index in [1.54, 1.807) is 13.8 Å². The van der Waals surface area contributed by atoms with Gasteiger partial charge in [-0.15, -0.1) is 0 Å². The van der Waals surface area contributed by atoms with E-state index in [-0.39, 0.29) is 23.6 Å². The molecule has 102 valence electrons. The van der Waals surface area contributed by atoms with Crippen molar-refractivity contribution in [1.29, 1.82) is 0 Å². The Labute approximate surface area is 104 Å².